The van der Waals surface area contributed by atoms with Crippen LogP contribution < -0.4 is 25.2 Å². The number of benzene rings is 1. The lowest BCUT2D eigenvalue weighted by Gasteiger charge is -2.29. The number of anilines is 2. The summed E-state index contributed by atoms with van der Waals surface area (Å²) < 4.78 is 11.9. The zero-order valence-corrected chi connectivity index (χ0v) is 16.5. The third kappa shape index (κ3) is 4.62. The van der Waals surface area contributed by atoms with Gasteiger partial charge in [-0.25, -0.2) is 4.98 Å². The Morgan fingerprint density at radius 3 is 2.32 bits per heavy atom. The van der Waals surface area contributed by atoms with Gasteiger partial charge in [0.15, 0.2) is 0 Å². The van der Waals surface area contributed by atoms with Gasteiger partial charge < -0.3 is 19.7 Å². The Morgan fingerprint density at radius 2 is 1.71 bits per heavy atom. The zero-order chi connectivity index (χ0) is 20.1. The van der Waals surface area contributed by atoms with Crippen LogP contribution in [0.1, 0.15) is 25.0 Å². The number of hydrogen-bond acceptors (Lipinski definition) is 6. The van der Waals surface area contributed by atoms with E-state index < -0.39 is 0 Å². The molecule has 0 radical (unpaired) electrons. The van der Waals surface area contributed by atoms with E-state index in [2.05, 4.69) is 15.2 Å². The standard InChI is InChI=1S/C20H26N4O4/c1-14-9-19(26)24(20(21-14)23-7-5-4-6-8-23)13-18(25)22-15-10-16(27-2)12-17(11-15)28-3/h9-12H,4-8,13H2,1-3H3,(H,22,25). The molecule has 1 fully saturated rings. The number of piperidine rings is 1. The normalized spacial score (nSPS) is 13.9. The average Bonchev–Trinajstić information content (AvgIpc) is 2.70. The number of carbonyl (C=O) groups excluding carboxylic acids is 1. The van der Waals surface area contributed by atoms with Crippen molar-refractivity contribution in [2.75, 3.05) is 37.5 Å². The van der Waals surface area contributed by atoms with Crippen LogP contribution in [0, 0.1) is 6.92 Å². The molecule has 1 aromatic carbocycles. The molecule has 28 heavy (non-hydrogen) atoms. The molecule has 1 aromatic heterocycles. The maximum Gasteiger partial charge on any atom is 0.255 e. The molecule has 1 amide bonds. The minimum Gasteiger partial charge on any atom is -0.497 e. The molecule has 0 spiro atoms. The van der Waals surface area contributed by atoms with E-state index in [-0.39, 0.29) is 18.0 Å². The van der Waals surface area contributed by atoms with Gasteiger partial charge in [0.2, 0.25) is 11.9 Å². The fraction of sp³-hybridized carbons (Fsp3) is 0.450. The Labute approximate surface area is 164 Å². The Bertz CT molecular complexity index is 881. The summed E-state index contributed by atoms with van der Waals surface area (Å²) in [6.45, 7) is 3.36. The summed E-state index contributed by atoms with van der Waals surface area (Å²) >= 11 is 0. The minimum atomic E-state index is -0.318. The van der Waals surface area contributed by atoms with Gasteiger partial charge in [0, 0.05) is 48.7 Å². The Kier molecular flexibility index (Phi) is 6.18. The van der Waals surface area contributed by atoms with Crippen molar-refractivity contribution in [3.8, 4) is 11.5 Å². The van der Waals surface area contributed by atoms with E-state index in [0.29, 0.717) is 28.8 Å². The Balaban J connectivity index is 1.83. The molecule has 1 saturated heterocycles. The first kappa shape index (κ1) is 19.7. The molecular weight excluding hydrogens is 360 g/mol. The van der Waals surface area contributed by atoms with Gasteiger partial charge in [-0.3, -0.25) is 14.2 Å². The molecule has 8 heteroatoms. The van der Waals surface area contributed by atoms with Gasteiger partial charge in [0.25, 0.3) is 5.56 Å². The number of aromatic nitrogens is 2. The van der Waals surface area contributed by atoms with Crippen LogP contribution in [0.3, 0.4) is 0 Å². The topological polar surface area (TPSA) is 85.7 Å². The SMILES string of the molecule is COc1cc(NC(=O)Cn2c(N3CCCCC3)nc(C)cc2=O)cc(OC)c1. The van der Waals surface area contributed by atoms with Gasteiger partial charge in [-0.15, -0.1) is 0 Å². The smallest absolute Gasteiger partial charge is 0.255 e. The van der Waals surface area contributed by atoms with E-state index in [4.69, 9.17) is 9.47 Å². The van der Waals surface area contributed by atoms with Gasteiger partial charge in [-0.05, 0) is 26.2 Å². The number of nitrogens with zero attached hydrogens (tertiary/aromatic N) is 3. The van der Waals surface area contributed by atoms with Crippen molar-refractivity contribution in [1.29, 1.82) is 0 Å². The third-order valence-corrected chi connectivity index (χ3v) is 4.69. The summed E-state index contributed by atoms with van der Waals surface area (Å²) in [5.74, 6) is 1.38. The first-order chi connectivity index (χ1) is 13.5. The summed E-state index contributed by atoms with van der Waals surface area (Å²) in [4.78, 5) is 31.8. The molecule has 1 aliphatic rings. The highest BCUT2D eigenvalue weighted by Gasteiger charge is 2.19. The number of amides is 1. The molecule has 3 rings (SSSR count). The van der Waals surface area contributed by atoms with E-state index in [1.807, 2.05) is 0 Å². The van der Waals surface area contributed by atoms with E-state index >= 15 is 0 Å². The number of nitrogens with one attached hydrogen (secondary N) is 1. The van der Waals surface area contributed by atoms with E-state index in [0.717, 1.165) is 25.9 Å². The molecule has 0 saturated carbocycles. The lowest BCUT2D eigenvalue weighted by molar-refractivity contribution is -0.116. The van der Waals surface area contributed by atoms with Crippen LogP contribution >= 0.6 is 0 Å². The first-order valence-electron chi connectivity index (χ1n) is 9.36. The van der Waals surface area contributed by atoms with Crippen LogP contribution in [0.15, 0.2) is 29.1 Å². The highest BCUT2D eigenvalue weighted by molar-refractivity contribution is 5.91. The van der Waals surface area contributed by atoms with Crippen molar-refractivity contribution < 1.29 is 14.3 Å². The van der Waals surface area contributed by atoms with Crippen LogP contribution in [0.5, 0.6) is 11.5 Å². The zero-order valence-electron chi connectivity index (χ0n) is 16.5. The molecule has 1 N–H and O–H groups in total. The third-order valence-electron chi connectivity index (χ3n) is 4.69. The number of hydrogen-bond donors (Lipinski definition) is 1. The quantitative estimate of drug-likeness (QED) is 0.819. The van der Waals surface area contributed by atoms with Crippen LogP contribution in [-0.2, 0) is 11.3 Å². The average molecular weight is 386 g/mol. The van der Waals surface area contributed by atoms with Crippen molar-refractivity contribution in [1.82, 2.24) is 9.55 Å². The van der Waals surface area contributed by atoms with Crippen molar-refractivity contribution in [3.05, 3.63) is 40.3 Å². The summed E-state index contributed by atoms with van der Waals surface area (Å²) in [5, 5.41) is 2.81. The Hall–Kier alpha value is -3.03. The second kappa shape index (κ2) is 8.77. The van der Waals surface area contributed by atoms with Crippen LogP contribution in [0.25, 0.3) is 0 Å². The molecule has 2 aromatic rings. The lowest BCUT2D eigenvalue weighted by Crippen LogP contribution is -2.38. The van der Waals surface area contributed by atoms with Crippen molar-refractivity contribution in [2.24, 2.45) is 0 Å². The molecule has 8 nitrogen and oxygen atoms in total. The molecule has 1 aliphatic heterocycles. The van der Waals surface area contributed by atoms with Gasteiger partial charge >= 0.3 is 0 Å². The number of methoxy groups -OCH3 is 2. The number of rotatable bonds is 6. The molecule has 0 bridgehead atoms. The van der Waals surface area contributed by atoms with E-state index in [9.17, 15) is 9.59 Å². The van der Waals surface area contributed by atoms with E-state index in [1.165, 1.54) is 17.1 Å². The maximum atomic E-state index is 12.7. The molecule has 0 unspecified atom stereocenters. The fourth-order valence-electron chi connectivity index (χ4n) is 3.31. The second-order valence-electron chi connectivity index (χ2n) is 6.82. The largest absolute Gasteiger partial charge is 0.497 e. The minimum absolute atomic E-state index is 0.114. The summed E-state index contributed by atoms with van der Waals surface area (Å²) in [6.07, 6.45) is 3.28. The van der Waals surface area contributed by atoms with Gasteiger partial charge in [-0.2, -0.15) is 0 Å². The molecule has 0 aliphatic carbocycles. The summed E-state index contributed by atoms with van der Waals surface area (Å²) in [5.41, 5.74) is 0.958. The highest BCUT2D eigenvalue weighted by atomic mass is 16.5. The maximum absolute atomic E-state index is 12.7. The van der Waals surface area contributed by atoms with Crippen LogP contribution in [0.4, 0.5) is 11.6 Å². The fourth-order valence-corrected chi connectivity index (χ4v) is 3.31. The highest BCUT2D eigenvalue weighted by Crippen LogP contribution is 2.26. The number of aryl methyl sites for hydroxylation is 1. The van der Waals surface area contributed by atoms with Gasteiger partial charge in [0.05, 0.1) is 14.2 Å². The number of ether oxygens (including phenoxy) is 2. The molecule has 2 heterocycles. The first-order valence-corrected chi connectivity index (χ1v) is 9.36. The molecular formula is C20H26N4O4. The lowest BCUT2D eigenvalue weighted by atomic mass is 10.1. The van der Waals surface area contributed by atoms with Crippen molar-refractivity contribution >= 4 is 17.5 Å². The monoisotopic (exact) mass is 386 g/mol. The molecule has 150 valence electrons. The summed E-state index contributed by atoms with van der Waals surface area (Å²) in [7, 11) is 3.09. The second-order valence-corrected chi connectivity index (χ2v) is 6.82. The predicted octanol–water partition coefficient (Wildman–Crippen LogP) is 2.20. The predicted molar refractivity (Wildman–Crippen MR) is 107 cm³/mol. The van der Waals surface area contributed by atoms with Crippen LogP contribution in [-0.4, -0.2) is 42.8 Å². The van der Waals surface area contributed by atoms with Crippen molar-refractivity contribution in [2.45, 2.75) is 32.7 Å². The van der Waals surface area contributed by atoms with E-state index in [1.54, 1.807) is 39.3 Å². The van der Waals surface area contributed by atoms with Gasteiger partial charge in [-0.1, -0.05) is 0 Å². The Morgan fingerprint density at radius 1 is 1.07 bits per heavy atom. The van der Waals surface area contributed by atoms with Gasteiger partial charge in [0.1, 0.15) is 18.0 Å². The number of carbonyl (C=O) groups is 1. The summed E-state index contributed by atoms with van der Waals surface area (Å²) in [6, 6.07) is 6.57. The van der Waals surface area contributed by atoms with Crippen LogP contribution in [0.2, 0.25) is 0 Å². The van der Waals surface area contributed by atoms with Crippen molar-refractivity contribution in [3.63, 3.8) is 0 Å². The molecule has 0 atom stereocenters.